The number of rotatable bonds is 0. The zero-order chi connectivity index (χ0) is 15.0. The van der Waals surface area contributed by atoms with Gasteiger partial charge in [-0.25, -0.2) is 0 Å². The monoisotopic (exact) mass is 308 g/mol. The van der Waals surface area contributed by atoms with E-state index < -0.39 is 0 Å². The van der Waals surface area contributed by atoms with Crippen molar-refractivity contribution in [2.75, 3.05) is 0 Å². The number of benzene rings is 5. The number of fused-ring (bicyclic) bond motifs is 5. The van der Waals surface area contributed by atoms with Crippen molar-refractivity contribution < 1.29 is 0 Å². The van der Waals surface area contributed by atoms with Crippen LogP contribution >= 0.6 is 11.3 Å². The normalized spacial score (nSPS) is 12.3. The van der Waals surface area contributed by atoms with Gasteiger partial charge in [0.1, 0.15) is 0 Å². The first-order chi connectivity index (χ1) is 11.4. The van der Waals surface area contributed by atoms with Crippen molar-refractivity contribution in [1.82, 2.24) is 0 Å². The molecule has 0 saturated carbocycles. The minimum Gasteiger partial charge on any atom is -0.135 e. The Morgan fingerprint density at radius 3 is 2.09 bits per heavy atom. The van der Waals surface area contributed by atoms with Crippen LogP contribution in [-0.2, 0) is 0 Å². The van der Waals surface area contributed by atoms with E-state index in [9.17, 15) is 0 Å². The highest BCUT2D eigenvalue weighted by molar-refractivity contribution is 7.26. The third-order valence-electron chi connectivity index (χ3n) is 5.00. The molecule has 0 nitrogen and oxygen atoms in total. The molecule has 0 aliphatic heterocycles. The molecule has 0 radical (unpaired) electrons. The Bertz CT molecular complexity index is 1350. The predicted octanol–water partition coefficient (Wildman–Crippen LogP) is 6.95. The molecular weight excluding hydrogens is 296 g/mol. The van der Waals surface area contributed by atoms with Gasteiger partial charge in [0, 0.05) is 20.2 Å². The summed E-state index contributed by atoms with van der Waals surface area (Å²) in [4.78, 5) is 0. The highest BCUT2D eigenvalue weighted by atomic mass is 32.1. The molecular formula is C22H12S. The molecule has 0 bridgehead atoms. The maximum absolute atomic E-state index is 2.36. The zero-order valence-electron chi connectivity index (χ0n) is 12.3. The molecule has 0 unspecified atom stereocenters. The third kappa shape index (κ3) is 1.37. The summed E-state index contributed by atoms with van der Waals surface area (Å²) in [5.41, 5.74) is 0. The van der Waals surface area contributed by atoms with Crippen LogP contribution in [0.2, 0.25) is 0 Å². The van der Waals surface area contributed by atoms with E-state index >= 15 is 0 Å². The van der Waals surface area contributed by atoms with E-state index in [1.54, 1.807) is 0 Å². The Balaban J connectivity index is 2.16. The van der Waals surface area contributed by atoms with Gasteiger partial charge < -0.3 is 0 Å². The summed E-state index contributed by atoms with van der Waals surface area (Å²) in [7, 11) is 0. The summed E-state index contributed by atoms with van der Waals surface area (Å²) >= 11 is 1.92. The van der Waals surface area contributed by atoms with Crippen molar-refractivity contribution in [2.45, 2.75) is 0 Å². The Hall–Kier alpha value is -2.64. The van der Waals surface area contributed by atoms with Crippen molar-refractivity contribution in [3.63, 3.8) is 0 Å². The van der Waals surface area contributed by atoms with E-state index in [0.717, 1.165) is 0 Å². The van der Waals surface area contributed by atoms with Gasteiger partial charge in [0.2, 0.25) is 0 Å². The Kier molecular flexibility index (Phi) is 2.07. The fourth-order valence-electron chi connectivity index (χ4n) is 4.08. The second kappa shape index (κ2) is 4.01. The minimum atomic E-state index is 1.33. The molecule has 1 aromatic heterocycles. The summed E-state index contributed by atoms with van der Waals surface area (Å²) in [6, 6.07) is 26.7. The van der Waals surface area contributed by atoms with E-state index in [1.165, 1.54) is 52.5 Å². The lowest BCUT2D eigenvalue weighted by molar-refractivity contribution is 1.81. The molecule has 0 fully saturated rings. The standard InChI is InChI=1S/C22H12S/c1-2-7-14-13(6-1)12-19-22-20(14)16-9-4-3-8-15(16)17-10-5-11-18(23-19)21(17)22/h1-12H. The minimum absolute atomic E-state index is 1.33. The molecule has 1 heterocycles. The number of hydrogen-bond acceptors (Lipinski definition) is 1. The van der Waals surface area contributed by atoms with E-state index in [-0.39, 0.29) is 0 Å². The average molecular weight is 308 g/mol. The summed E-state index contributed by atoms with van der Waals surface area (Å²) < 4.78 is 2.79. The molecule has 0 aliphatic rings. The molecule has 106 valence electrons. The van der Waals surface area contributed by atoms with Crippen molar-refractivity contribution in [3.8, 4) is 0 Å². The van der Waals surface area contributed by atoms with Crippen LogP contribution in [0.4, 0.5) is 0 Å². The van der Waals surface area contributed by atoms with Crippen LogP contribution in [0.5, 0.6) is 0 Å². The first-order valence-electron chi connectivity index (χ1n) is 7.88. The number of thiophene rings is 1. The zero-order valence-corrected chi connectivity index (χ0v) is 13.2. The van der Waals surface area contributed by atoms with E-state index in [1.807, 2.05) is 11.3 Å². The van der Waals surface area contributed by atoms with Gasteiger partial charge in [-0.2, -0.15) is 0 Å². The molecule has 0 aliphatic carbocycles. The fraction of sp³-hybridized carbons (Fsp3) is 0. The van der Waals surface area contributed by atoms with Gasteiger partial charge in [-0.1, -0.05) is 60.7 Å². The Morgan fingerprint density at radius 1 is 0.478 bits per heavy atom. The first kappa shape index (κ1) is 11.9. The van der Waals surface area contributed by atoms with Crippen molar-refractivity contribution in [3.05, 3.63) is 72.8 Å². The molecule has 5 aromatic carbocycles. The molecule has 23 heavy (non-hydrogen) atoms. The Morgan fingerprint density at radius 2 is 1.17 bits per heavy atom. The second-order valence-electron chi connectivity index (χ2n) is 6.17. The van der Waals surface area contributed by atoms with Crippen molar-refractivity contribution in [2.24, 2.45) is 0 Å². The maximum atomic E-state index is 2.36. The van der Waals surface area contributed by atoms with Crippen LogP contribution in [-0.4, -0.2) is 0 Å². The predicted molar refractivity (Wildman–Crippen MR) is 103 cm³/mol. The van der Waals surface area contributed by atoms with Gasteiger partial charge in [0.25, 0.3) is 0 Å². The molecule has 0 N–H and O–H groups in total. The van der Waals surface area contributed by atoms with Gasteiger partial charge >= 0.3 is 0 Å². The van der Waals surface area contributed by atoms with Gasteiger partial charge in [-0.15, -0.1) is 11.3 Å². The lowest BCUT2D eigenvalue weighted by atomic mass is 9.91. The van der Waals surface area contributed by atoms with Crippen LogP contribution in [0.25, 0.3) is 52.5 Å². The van der Waals surface area contributed by atoms with Crippen LogP contribution < -0.4 is 0 Å². The van der Waals surface area contributed by atoms with Crippen LogP contribution in [0.15, 0.2) is 72.8 Å². The van der Waals surface area contributed by atoms with Crippen LogP contribution in [0, 0.1) is 0 Å². The summed E-state index contributed by atoms with van der Waals surface area (Å²) in [5.74, 6) is 0. The highest BCUT2D eigenvalue weighted by Crippen LogP contribution is 2.47. The summed E-state index contributed by atoms with van der Waals surface area (Å²) in [5, 5.41) is 11.1. The fourth-order valence-corrected chi connectivity index (χ4v) is 5.27. The third-order valence-corrected chi connectivity index (χ3v) is 6.10. The Labute approximate surface area is 136 Å². The van der Waals surface area contributed by atoms with Crippen LogP contribution in [0.3, 0.4) is 0 Å². The lowest BCUT2D eigenvalue weighted by Gasteiger charge is -2.11. The molecule has 0 atom stereocenters. The van der Waals surface area contributed by atoms with Crippen molar-refractivity contribution >= 4 is 63.8 Å². The van der Waals surface area contributed by atoms with Gasteiger partial charge in [0.05, 0.1) is 0 Å². The topological polar surface area (TPSA) is 0 Å². The van der Waals surface area contributed by atoms with Gasteiger partial charge in [-0.3, -0.25) is 0 Å². The largest absolute Gasteiger partial charge is 0.135 e. The van der Waals surface area contributed by atoms with Crippen molar-refractivity contribution in [1.29, 1.82) is 0 Å². The second-order valence-corrected chi connectivity index (χ2v) is 7.26. The van der Waals surface area contributed by atoms with Crippen LogP contribution in [0.1, 0.15) is 0 Å². The molecule has 1 heteroatoms. The number of hydrogen-bond donors (Lipinski definition) is 0. The summed E-state index contributed by atoms with van der Waals surface area (Å²) in [6.45, 7) is 0. The quantitative estimate of drug-likeness (QED) is 0.266. The van der Waals surface area contributed by atoms with E-state index in [0.29, 0.717) is 0 Å². The maximum Gasteiger partial charge on any atom is 0.0368 e. The molecule has 0 spiro atoms. The van der Waals surface area contributed by atoms with E-state index in [4.69, 9.17) is 0 Å². The highest BCUT2D eigenvalue weighted by Gasteiger charge is 2.17. The van der Waals surface area contributed by atoms with E-state index in [2.05, 4.69) is 72.8 Å². The average Bonchev–Trinajstić information content (AvgIpc) is 2.98. The SMILES string of the molecule is c1ccc2c(c1)cc1sc3cccc4c5ccccc5c2c1c34. The molecule has 6 aromatic rings. The van der Waals surface area contributed by atoms with Gasteiger partial charge in [0.15, 0.2) is 0 Å². The molecule has 6 rings (SSSR count). The molecule has 0 amide bonds. The summed E-state index contributed by atoms with van der Waals surface area (Å²) in [6.07, 6.45) is 0. The first-order valence-corrected chi connectivity index (χ1v) is 8.70. The van der Waals surface area contributed by atoms with Gasteiger partial charge in [-0.05, 0) is 44.5 Å². The molecule has 0 saturated heterocycles. The smallest absolute Gasteiger partial charge is 0.0368 e. The lowest BCUT2D eigenvalue weighted by Crippen LogP contribution is -1.83.